The van der Waals surface area contributed by atoms with Crippen molar-refractivity contribution in [2.75, 3.05) is 0 Å². The highest BCUT2D eigenvalue weighted by Gasteiger charge is 2.40. The van der Waals surface area contributed by atoms with Gasteiger partial charge in [0.25, 0.3) is 0 Å². The van der Waals surface area contributed by atoms with Gasteiger partial charge in [-0.3, -0.25) is 0 Å². The molecule has 1 saturated carbocycles. The molecule has 0 aromatic carbocycles. The molecule has 0 N–H and O–H groups in total. The lowest BCUT2D eigenvalue weighted by atomic mass is 10.1. The van der Waals surface area contributed by atoms with Gasteiger partial charge >= 0.3 is 0 Å². The minimum absolute atomic E-state index is 0.429. The molecule has 2 fully saturated rings. The van der Waals surface area contributed by atoms with Crippen molar-refractivity contribution >= 4 is 0 Å². The van der Waals surface area contributed by atoms with Crippen LogP contribution in [-0.4, -0.2) is 12.2 Å². The highest BCUT2D eigenvalue weighted by molar-refractivity contribution is 5.21. The van der Waals surface area contributed by atoms with Gasteiger partial charge in [0.2, 0.25) is 0 Å². The van der Waals surface area contributed by atoms with Gasteiger partial charge < -0.3 is 4.74 Å². The molecule has 0 spiro atoms. The van der Waals surface area contributed by atoms with Gasteiger partial charge in [0.1, 0.15) is 12.2 Å². The lowest BCUT2D eigenvalue weighted by molar-refractivity contribution is 0.413. The van der Waals surface area contributed by atoms with Crippen LogP contribution in [0.2, 0.25) is 0 Å². The zero-order valence-corrected chi connectivity index (χ0v) is 5.73. The summed E-state index contributed by atoms with van der Waals surface area (Å²) in [5.74, 6) is 1.70. The first-order valence-electron chi connectivity index (χ1n) is 3.95. The maximum atomic E-state index is 5.33. The van der Waals surface area contributed by atoms with Crippen LogP contribution in [0.15, 0.2) is 24.3 Å². The van der Waals surface area contributed by atoms with E-state index in [1.165, 1.54) is 6.42 Å². The molecule has 3 rings (SSSR count). The Morgan fingerprint density at radius 3 is 2.10 bits per heavy atom. The van der Waals surface area contributed by atoms with E-state index in [2.05, 4.69) is 24.3 Å². The highest BCUT2D eigenvalue weighted by Crippen LogP contribution is 2.43. The number of fused-ring (bicyclic) bond motifs is 2. The topological polar surface area (TPSA) is 12.5 Å². The van der Waals surface area contributed by atoms with Crippen LogP contribution in [0.5, 0.6) is 0 Å². The molecule has 0 amide bonds. The zero-order chi connectivity index (χ0) is 6.55. The third-order valence-corrected chi connectivity index (χ3v) is 2.55. The summed E-state index contributed by atoms with van der Waals surface area (Å²) in [6, 6.07) is 0. The first kappa shape index (κ1) is 5.14. The summed E-state index contributed by atoms with van der Waals surface area (Å²) >= 11 is 0. The predicted molar refractivity (Wildman–Crippen MR) is 38.5 cm³/mol. The van der Waals surface area contributed by atoms with Crippen molar-refractivity contribution < 1.29 is 4.74 Å². The van der Waals surface area contributed by atoms with Gasteiger partial charge in [0.15, 0.2) is 0 Å². The van der Waals surface area contributed by atoms with E-state index in [0.717, 1.165) is 11.8 Å². The first-order valence-corrected chi connectivity index (χ1v) is 3.95. The molecule has 0 aromatic rings. The Labute approximate surface area is 60.4 Å². The molecule has 4 atom stereocenters. The molecule has 4 unspecified atom stereocenters. The third kappa shape index (κ3) is 0.671. The normalized spacial score (nSPS) is 60.8. The number of allylic oxidation sites excluding steroid dienone is 2. The third-order valence-electron chi connectivity index (χ3n) is 2.55. The number of rotatable bonds is 0. The number of epoxide rings is 1. The largest absolute Gasteiger partial charge is 0.361 e. The van der Waals surface area contributed by atoms with Crippen molar-refractivity contribution in [2.45, 2.75) is 18.6 Å². The molecule has 1 nitrogen and oxygen atoms in total. The highest BCUT2D eigenvalue weighted by atomic mass is 16.6. The van der Waals surface area contributed by atoms with Crippen LogP contribution in [0.25, 0.3) is 0 Å². The van der Waals surface area contributed by atoms with Crippen molar-refractivity contribution in [1.82, 2.24) is 0 Å². The molecule has 0 aromatic heterocycles. The second-order valence-corrected chi connectivity index (χ2v) is 3.40. The van der Waals surface area contributed by atoms with E-state index in [9.17, 15) is 0 Å². The average Bonchev–Trinajstić information content (AvgIpc) is 2.70. The fourth-order valence-corrected chi connectivity index (χ4v) is 1.63. The van der Waals surface area contributed by atoms with E-state index in [1.807, 2.05) is 0 Å². The van der Waals surface area contributed by atoms with Gasteiger partial charge in [-0.2, -0.15) is 0 Å². The van der Waals surface area contributed by atoms with E-state index in [-0.39, 0.29) is 0 Å². The molecule has 0 radical (unpaired) electrons. The fourth-order valence-electron chi connectivity index (χ4n) is 1.63. The van der Waals surface area contributed by atoms with Crippen molar-refractivity contribution in [3.63, 3.8) is 0 Å². The lowest BCUT2D eigenvalue weighted by Gasteiger charge is -1.87. The SMILES string of the molecule is C1=C\C2OC2/C=C\C2CC/12. The maximum absolute atomic E-state index is 5.33. The quantitative estimate of drug-likeness (QED) is 0.361. The van der Waals surface area contributed by atoms with Crippen LogP contribution in [0.1, 0.15) is 6.42 Å². The average molecular weight is 134 g/mol. The van der Waals surface area contributed by atoms with Crippen LogP contribution in [0.4, 0.5) is 0 Å². The molecule has 1 saturated heterocycles. The molecule has 10 heavy (non-hydrogen) atoms. The molecule has 0 bridgehead atoms. The van der Waals surface area contributed by atoms with Gasteiger partial charge in [-0.25, -0.2) is 0 Å². The van der Waals surface area contributed by atoms with E-state index >= 15 is 0 Å². The molecule has 52 valence electrons. The van der Waals surface area contributed by atoms with Crippen LogP contribution >= 0.6 is 0 Å². The van der Waals surface area contributed by atoms with E-state index in [1.54, 1.807) is 0 Å². The number of hydrogen-bond donors (Lipinski definition) is 0. The fraction of sp³-hybridized carbons (Fsp3) is 0.556. The number of ether oxygens (including phenoxy) is 1. The Morgan fingerprint density at radius 1 is 0.900 bits per heavy atom. The Morgan fingerprint density at radius 2 is 1.50 bits per heavy atom. The van der Waals surface area contributed by atoms with Gasteiger partial charge in [-0.15, -0.1) is 0 Å². The first-order chi connectivity index (χ1) is 4.93. The summed E-state index contributed by atoms with van der Waals surface area (Å²) in [5.41, 5.74) is 0. The smallest absolute Gasteiger partial charge is 0.106 e. The Kier molecular flexibility index (Phi) is 0.789. The van der Waals surface area contributed by atoms with Gasteiger partial charge in [-0.1, -0.05) is 24.3 Å². The summed E-state index contributed by atoms with van der Waals surface area (Å²) in [4.78, 5) is 0. The second-order valence-electron chi connectivity index (χ2n) is 3.40. The summed E-state index contributed by atoms with van der Waals surface area (Å²) < 4.78 is 5.33. The van der Waals surface area contributed by atoms with Gasteiger partial charge in [0, 0.05) is 0 Å². The molecular weight excluding hydrogens is 124 g/mol. The van der Waals surface area contributed by atoms with E-state index in [4.69, 9.17) is 4.74 Å². The molecule has 3 aliphatic rings. The molecular formula is C9H10O. The Bertz CT molecular complexity index is 173. The Hall–Kier alpha value is -0.560. The van der Waals surface area contributed by atoms with Crippen molar-refractivity contribution in [2.24, 2.45) is 11.8 Å². The summed E-state index contributed by atoms with van der Waals surface area (Å²) in [6.45, 7) is 0. The molecule has 1 heterocycles. The molecule has 1 aliphatic heterocycles. The molecule has 2 aliphatic carbocycles. The summed E-state index contributed by atoms with van der Waals surface area (Å²) in [7, 11) is 0. The van der Waals surface area contributed by atoms with E-state index < -0.39 is 0 Å². The van der Waals surface area contributed by atoms with Gasteiger partial charge in [-0.05, 0) is 18.3 Å². The van der Waals surface area contributed by atoms with Crippen LogP contribution < -0.4 is 0 Å². The maximum Gasteiger partial charge on any atom is 0.106 e. The van der Waals surface area contributed by atoms with E-state index in [0.29, 0.717) is 12.2 Å². The van der Waals surface area contributed by atoms with Gasteiger partial charge in [0.05, 0.1) is 0 Å². The zero-order valence-electron chi connectivity index (χ0n) is 5.73. The second kappa shape index (κ2) is 1.54. The summed E-state index contributed by atoms with van der Waals surface area (Å²) in [6.07, 6.45) is 11.3. The van der Waals surface area contributed by atoms with Crippen molar-refractivity contribution in [1.29, 1.82) is 0 Å². The van der Waals surface area contributed by atoms with Crippen LogP contribution in [-0.2, 0) is 4.74 Å². The predicted octanol–water partition coefficient (Wildman–Crippen LogP) is 1.52. The molecule has 1 heteroatoms. The monoisotopic (exact) mass is 134 g/mol. The Balaban J connectivity index is 1.89. The minimum Gasteiger partial charge on any atom is -0.361 e. The number of hydrogen-bond acceptors (Lipinski definition) is 1. The van der Waals surface area contributed by atoms with Crippen LogP contribution in [0, 0.1) is 11.8 Å². The van der Waals surface area contributed by atoms with Crippen LogP contribution in [0.3, 0.4) is 0 Å². The van der Waals surface area contributed by atoms with Crippen molar-refractivity contribution in [3.8, 4) is 0 Å². The minimum atomic E-state index is 0.429. The standard InChI is InChI=1S/C9H10O/c1-3-8-9(10-8)4-2-7-5-6(1)7/h1-4,6-9H,5H2/b3-1-,4-2-. The summed E-state index contributed by atoms with van der Waals surface area (Å²) in [5, 5.41) is 0. The lowest BCUT2D eigenvalue weighted by Crippen LogP contribution is -1.88. The van der Waals surface area contributed by atoms with Crippen molar-refractivity contribution in [3.05, 3.63) is 24.3 Å².